The molecule has 2 aromatic carbocycles. The third-order valence-corrected chi connectivity index (χ3v) is 3.35. The van der Waals surface area contributed by atoms with Crippen LogP contribution in [-0.4, -0.2) is 16.4 Å². The highest BCUT2D eigenvalue weighted by Crippen LogP contribution is 2.22. The highest BCUT2D eigenvalue weighted by molar-refractivity contribution is 5.79. The maximum Gasteiger partial charge on any atom is 0.226 e. The largest absolute Gasteiger partial charge is 0.487 e. The van der Waals surface area contributed by atoms with Crippen molar-refractivity contribution in [3.05, 3.63) is 71.6 Å². The fourth-order valence-corrected chi connectivity index (χ4v) is 2.17. The van der Waals surface area contributed by atoms with E-state index in [1.807, 2.05) is 55.5 Å². The van der Waals surface area contributed by atoms with E-state index < -0.39 is 0 Å². The van der Waals surface area contributed by atoms with Gasteiger partial charge in [0, 0.05) is 5.56 Å². The summed E-state index contributed by atoms with van der Waals surface area (Å²) in [6.07, 6.45) is 1.35. The van der Waals surface area contributed by atoms with Gasteiger partial charge in [-0.2, -0.15) is 0 Å². The average Bonchev–Trinajstić information content (AvgIpc) is 2.95. The number of rotatable bonds is 5. The van der Waals surface area contributed by atoms with Gasteiger partial charge < -0.3 is 14.4 Å². The first-order valence-corrected chi connectivity index (χ1v) is 7.18. The molecule has 23 heavy (non-hydrogen) atoms. The van der Waals surface area contributed by atoms with Crippen molar-refractivity contribution in [1.29, 1.82) is 0 Å². The number of ether oxygens (including phenoxy) is 1. The SMILES string of the molecule is Cc1oc(-c2ccccc2)nc1COc1cccc(/C=N/O)c1. The van der Waals surface area contributed by atoms with Gasteiger partial charge in [-0.25, -0.2) is 4.98 Å². The van der Waals surface area contributed by atoms with Crippen LogP contribution in [0.5, 0.6) is 5.75 Å². The Morgan fingerprint density at radius 3 is 2.78 bits per heavy atom. The second kappa shape index (κ2) is 6.79. The monoisotopic (exact) mass is 308 g/mol. The summed E-state index contributed by atoms with van der Waals surface area (Å²) in [6, 6.07) is 17.0. The zero-order valence-electron chi connectivity index (χ0n) is 12.6. The van der Waals surface area contributed by atoms with Gasteiger partial charge in [0.2, 0.25) is 5.89 Å². The van der Waals surface area contributed by atoms with E-state index >= 15 is 0 Å². The Balaban J connectivity index is 1.74. The number of benzene rings is 2. The summed E-state index contributed by atoms with van der Waals surface area (Å²) in [4.78, 5) is 4.50. The molecule has 1 aromatic heterocycles. The van der Waals surface area contributed by atoms with Crippen LogP contribution in [0.25, 0.3) is 11.5 Å². The number of aromatic nitrogens is 1. The molecule has 0 radical (unpaired) electrons. The molecule has 5 nitrogen and oxygen atoms in total. The van der Waals surface area contributed by atoms with Gasteiger partial charge in [0.05, 0.1) is 6.21 Å². The Bertz CT molecular complexity index is 810. The van der Waals surface area contributed by atoms with E-state index in [-0.39, 0.29) is 0 Å². The number of oxazole rings is 1. The molecule has 0 aliphatic heterocycles. The van der Waals surface area contributed by atoms with Crippen molar-refractivity contribution in [3.63, 3.8) is 0 Å². The number of oxime groups is 1. The number of nitrogens with zero attached hydrogens (tertiary/aromatic N) is 2. The van der Waals surface area contributed by atoms with Gasteiger partial charge in [-0.15, -0.1) is 0 Å². The van der Waals surface area contributed by atoms with E-state index in [1.54, 1.807) is 6.07 Å². The van der Waals surface area contributed by atoms with Gasteiger partial charge in [-0.05, 0) is 36.8 Å². The molecule has 0 saturated heterocycles. The molecule has 116 valence electrons. The molecule has 0 unspecified atom stereocenters. The van der Waals surface area contributed by atoms with E-state index in [0.29, 0.717) is 18.2 Å². The van der Waals surface area contributed by atoms with E-state index in [4.69, 9.17) is 14.4 Å². The third-order valence-electron chi connectivity index (χ3n) is 3.35. The molecule has 0 atom stereocenters. The lowest BCUT2D eigenvalue weighted by Crippen LogP contribution is -1.98. The quantitative estimate of drug-likeness (QED) is 0.439. The first-order chi connectivity index (χ1) is 11.3. The molecule has 0 amide bonds. The molecule has 3 aromatic rings. The van der Waals surface area contributed by atoms with Crippen LogP contribution in [0, 0.1) is 6.92 Å². The smallest absolute Gasteiger partial charge is 0.226 e. The summed E-state index contributed by atoms with van der Waals surface area (Å²) in [7, 11) is 0. The van der Waals surface area contributed by atoms with Crippen LogP contribution >= 0.6 is 0 Å². The lowest BCUT2D eigenvalue weighted by atomic mass is 10.2. The first-order valence-electron chi connectivity index (χ1n) is 7.18. The molecule has 0 aliphatic carbocycles. The predicted octanol–water partition coefficient (Wildman–Crippen LogP) is 4.04. The second-order valence-corrected chi connectivity index (χ2v) is 4.99. The summed E-state index contributed by atoms with van der Waals surface area (Å²) in [5.74, 6) is 1.99. The second-order valence-electron chi connectivity index (χ2n) is 4.99. The van der Waals surface area contributed by atoms with Crippen LogP contribution in [0.3, 0.4) is 0 Å². The third kappa shape index (κ3) is 3.58. The van der Waals surface area contributed by atoms with Crippen molar-refractivity contribution in [2.24, 2.45) is 5.16 Å². The van der Waals surface area contributed by atoms with Crippen molar-refractivity contribution >= 4 is 6.21 Å². The molecular formula is C18H16N2O3. The number of hydrogen-bond donors (Lipinski definition) is 1. The molecule has 0 bridgehead atoms. The van der Waals surface area contributed by atoms with Gasteiger partial charge in [0.25, 0.3) is 0 Å². The minimum Gasteiger partial charge on any atom is -0.487 e. The summed E-state index contributed by atoms with van der Waals surface area (Å²) >= 11 is 0. The maximum absolute atomic E-state index is 8.57. The van der Waals surface area contributed by atoms with Gasteiger partial charge in [0.15, 0.2) is 0 Å². The highest BCUT2D eigenvalue weighted by Gasteiger charge is 2.11. The lowest BCUT2D eigenvalue weighted by molar-refractivity contribution is 0.299. The van der Waals surface area contributed by atoms with Crippen LogP contribution in [0.1, 0.15) is 17.0 Å². The van der Waals surface area contributed by atoms with Crippen LogP contribution in [-0.2, 0) is 6.61 Å². The first kappa shape index (κ1) is 14.8. The van der Waals surface area contributed by atoms with Crippen molar-refractivity contribution in [2.45, 2.75) is 13.5 Å². The standard InChI is InChI=1S/C18H16N2O3/c1-13-17(20-18(23-13)15-7-3-2-4-8-15)12-22-16-9-5-6-14(10-16)11-19-21/h2-11,21H,12H2,1H3/b19-11+. The average molecular weight is 308 g/mol. The molecule has 0 fully saturated rings. The van der Waals surface area contributed by atoms with Crippen LogP contribution < -0.4 is 4.74 Å². The Hall–Kier alpha value is -3.08. The topological polar surface area (TPSA) is 67.9 Å². The van der Waals surface area contributed by atoms with E-state index in [9.17, 15) is 0 Å². The summed E-state index contributed by atoms with van der Waals surface area (Å²) in [5.41, 5.74) is 2.44. The Kier molecular flexibility index (Phi) is 4.38. The van der Waals surface area contributed by atoms with Gasteiger partial charge in [-0.1, -0.05) is 35.5 Å². The molecule has 0 saturated carbocycles. The molecule has 0 aliphatic rings. The van der Waals surface area contributed by atoms with E-state index in [2.05, 4.69) is 10.1 Å². The minimum atomic E-state index is 0.307. The normalized spacial score (nSPS) is 11.0. The fourth-order valence-electron chi connectivity index (χ4n) is 2.17. The fraction of sp³-hybridized carbons (Fsp3) is 0.111. The molecule has 5 heteroatoms. The van der Waals surface area contributed by atoms with Crippen LogP contribution in [0.4, 0.5) is 0 Å². The van der Waals surface area contributed by atoms with Gasteiger partial charge in [-0.3, -0.25) is 0 Å². The summed E-state index contributed by atoms with van der Waals surface area (Å²) < 4.78 is 11.4. The zero-order chi connectivity index (χ0) is 16.1. The van der Waals surface area contributed by atoms with Crippen molar-refractivity contribution in [2.75, 3.05) is 0 Å². The summed E-state index contributed by atoms with van der Waals surface area (Å²) in [6.45, 7) is 2.18. The van der Waals surface area contributed by atoms with Gasteiger partial charge >= 0.3 is 0 Å². The molecule has 3 rings (SSSR count). The zero-order valence-corrected chi connectivity index (χ0v) is 12.6. The molecule has 1 N–H and O–H groups in total. The van der Waals surface area contributed by atoms with Crippen molar-refractivity contribution in [3.8, 4) is 17.2 Å². The number of aryl methyl sites for hydroxylation is 1. The van der Waals surface area contributed by atoms with E-state index in [1.165, 1.54) is 6.21 Å². The Labute approximate surface area is 133 Å². The van der Waals surface area contributed by atoms with E-state index in [0.717, 1.165) is 22.6 Å². The molecule has 1 heterocycles. The van der Waals surface area contributed by atoms with Crippen LogP contribution in [0.2, 0.25) is 0 Å². The van der Waals surface area contributed by atoms with Crippen LogP contribution in [0.15, 0.2) is 64.2 Å². The summed E-state index contributed by atoms with van der Waals surface area (Å²) in [5, 5.41) is 11.6. The lowest BCUT2D eigenvalue weighted by Gasteiger charge is -2.04. The molecular weight excluding hydrogens is 292 g/mol. The maximum atomic E-state index is 8.57. The van der Waals surface area contributed by atoms with Crippen molar-refractivity contribution < 1.29 is 14.4 Å². The Morgan fingerprint density at radius 1 is 1.17 bits per heavy atom. The predicted molar refractivity (Wildman–Crippen MR) is 86.8 cm³/mol. The van der Waals surface area contributed by atoms with Gasteiger partial charge in [0.1, 0.15) is 23.8 Å². The number of hydrogen-bond acceptors (Lipinski definition) is 5. The Morgan fingerprint density at radius 2 is 2.00 bits per heavy atom. The minimum absolute atomic E-state index is 0.307. The molecule has 0 spiro atoms. The van der Waals surface area contributed by atoms with Crippen molar-refractivity contribution in [1.82, 2.24) is 4.98 Å². The highest BCUT2D eigenvalue weighted by atomic mass is 16.5.